The fourth-order valence-electron chi connectivity index (χ4n) is 2.11. The Morgan fingerprint density at radius 2 is 2.41 bits per heavy atom. The largest absolute Gasteiger partial charge is 0.446 e. The molecule has 1 fully saturated rings. The van der Waals surface area contributed by atoms with E-state index < -0.39 is 15.9 Å². The maximum absolute atomic E-state index is 11.3. The topological polar surface area (TPSA) is 80.4 Å². The van der Waals surface area contributed by atoms with Crippen LogP contribution in [0.25, 0.3) is 0 Å². The van der Waals surface area contributed by atoms with Crippen LogP contribution >= 0.6 is 0 Å². The number of aromatic nitrogens is 1. The van der Waals surface area contributed by atoms with Crippen LogP contribution in [0.5, 0.6) is 0 Å². The third-order valence-electron chi connectivity index (χ3n) is 2.89. The van der Waals surface area contributed by atoms with E-state index in [2.05, 4.69) is 4.98 Å². The normalized spacial score (nSPS) is 24.9. The summed E-state index contributed by atoms with van der Waals surface area (Å²) in [5, 5.41) is 9.20. The number of oxazole rings is 1. The minimum Gasteiger partial charge on any atom is -0.446 e. The van der Waals surface area contributed by atoms with Gasteiger partial charge in [0.05, 0.1) is 23.8 Å². The molecule has 2 unspecified atom stereocenters. The van der Waals surface area contributed by atoms with Gasteiger partial charge in [0.2, 0.25) is 0 Å². The maximum Gasteiger partial charge on any atom is 0.194 e. The molecule has 0 radical (unpaired) electrons. The van der Waals surface area contributed by atoms with Gasteiger partial charge in [0.25, 0.3) is 0 Å². The van der Waals surface area contributed by atoms with Crippen molar-refractivity contribution in [2.75, 3.05) is 11.5 Å². The van der Waals surface area contributed by atoms with Crippen LogP contribution in [0, 0.1) is 5.92 Å². The highest BCUT2D eigenvalue weighted by atomic mass is 32.2. The lowest BCUT2D eigenvalue weighted by molar-refractivity contribution is 0.186. The summed E-state index contributed by atoms with van der Waals surface area (Å²) in [5.41, 5.74) is 0. The Hall–Kier alpha value is -0.880. The molecule has 0 amide bonds. The minimum atomic E-state index is -2.84. The quantitative estimate of drug-likeness (QED) is 0.855. The first-order valence-corrected chi connectivity index (χ1v) is 7.59. The van der Waals surface area contributed by atoms with Crippen LogP contribution in [0.3, 0.4) is 0 Å². The van der Waals surface area contributed by atoms with Crippen molar-refractivity contribution in [3.05, 3.63) is 17.8 Å². The van der Waals surface area contributed by atoms with Crippen LogP contribution < -0.4 is 0 Å². The summed E-state index contributed by atoms with van der Waals surface area (Å²) in [7, 11) is -2.84. The molecule has 2 heterocycles. The highest BCUT2D eigenvalue weighted by Crippen LogP contribution is 2.22. The Morgan fingerprint density at radius 3 is 3.00 bits per heavy atom. The Kier molecular flexibility index (Phi) is 3.53. The van der Waals surface area contributed by atoms with Gasteiger partial charge >= 0.3 is 0 Å². The molecule has 0 aliphatic carbocycles. The number of hydrogen-bond donors (Lipinski definition) is 1. The van der Waals surface area contributed by atoms with Crippen LogP contribution in [-0.2, 0) is 22.7 Å². The monoisotopic (exact) mass is 259 g/mol. The van der Waals surface area contributed by atoms with Crippen molar-refractivity contribution >= 4 is 9.84 Å². The molecule has 1 saturated heterocycles. The van der Waals surface area contributed by atoms with Gasteiger partial charge in [0.15, 0.2) is 15.7 Å². The summed E-state index contributed by atoms with van der Waals surface area (Å²) in [6, 6.07) is 0. The van der Waals surface area contributed by atoms with Crippen molar-refractivity contribution in [2.45, 2.75) is 32.3 Å². The Bertz CT molecular complexity index is 477. The smallest absolute Gasteiger partial charge is 0.194 e. The highest BCUT2D eigenvalue weighted by molar-refractivity contribution is 7.91. The third-order valence-corrected chi connectivity index (χ3v) is 4.73. The van der Waals surface area contributed by atoms with Gasteiger partial charge in [-0.1, -0.05) is 0 Å². The Morgan fingerprint density at radius 1 is 1.65 bits per heavy atom. The predicted molar refractivity (Wildman–Crippen MR) is 62.4 cm³/mol. The summed E-state index contributed by atoms with van der Waals surface area (Å²) in [6.07, 6.45) is 2.85. The fourth-order valence-corrected chi connectivity index (χ4v) is 3.97. The first kappa shape index (κ1) is 12.6. The summed E-state index contributed by atoms with van der Waals surface area (Å²) in [4.78, 5) is 4.11. The molecule has 0 bridgehead atoms. The van der Waals surface area contributed by atoms with E-state index in [-0.39, 0.29) is 17.4 Å². The van der Waals surface area contributed by atoms with E-state index in [0.29, 0.717) is 30.9 Å². The summed E-state index contributed by atoms with van der Waals surface area (Å²) in [5.74, 6) is 1.86. The zero-order chi connectivity index (χ0) is 12.5. The molecule has 1 aromatic rings. The average Bonchev–Trinajstić information content (AvgIpc) is 2.73. The lowest BCUT2D eigenvalue weighted by Crippen LogP contribution is -2.07. The SMILES string of the molecule is CC(O)Cc1cnc(CC2CCS(=O)(=O)C2)o1. The number of aliphatic hydroxyl groups is 1. The van der Waals surface area contributed by atoms with Crippen molar-refractivity contribution < 1.29 is 17.9 Å². The van der Waals surface area contributed by atoms with Gasteiger partial charge < -0.3 is 9.52 Å². The van der Waals surface area contributed by atoms with E-state index in [0.717, 1.165) is 0 Å². The van der Waals surface area contributed by atoms with Gasteiger partial charge in [0, 0.05) is 12.8 Å². The van der Waals surface area contributed by atoms with Gasteiger partial charge in [0.1, 0.15) is 5.76 Å². The summed E-state index contributed by atoms with van der Waals surface area (Å²) in [6.45, 7) is 1.69. The average molecular weight is 259 g/mol. The van der Waals surface area contributed by atoms with Gasteiger partial charge in [-0.15, -0.1) is 0 Å². The van der Waals surface area contributed by atoms with Gasteiger partial charge in [-0.05, 0) is 19.3 Å². The first-order valence-electron chi connectivity index (χ1n) is 5.77. The van der Waals surface area contributed by atoms with E-state index in [4.69, 9.17) is 4.42 Å². The van der Waals surface area contributed by atoms with Crippen LogP contribution in [0.4, 0.5) is 0 Å². The Labute approximate surface area is 101 Å². The van der Waals surface area contributed by atoms with E-state index in [9.17, 15) is 13.5 Å². The second-order valence-corrected chi connectivity index (χ2v) is 6.98. The third kappa shape index (κ3) is 3.54. The Balaban J connectivity index is 1.93. The van der Waals surface area contributed by atoms with Crippen molar-refractivity contribution in [3.8, 4) is 0 Å². The molecule has 2 atom stereocenters. The van der Waals surface area contributed by atoms with E-state index in [1.54, 1.807) is 13.1 Å². The number of rotatable bonds is 4. The lowest BCUT2D eigenvalue weighted by Gasteiger charge is -2.03. The summed E-state index contributed by atoms with van der Waals surface area (Å²) < 4.78 is 28.1. The predicted octanol–water partition coefficient (Wildman–Crippen LogP) is 0.575. The van der Waals surface area contributed by atoms with Crippen molar-refractivity contribution in [1.82, 2.24) is 4.98 Å². The lowest BCUT2D eigenvalue weighted by atomic mass is 10.1. The highest BCUT2D eigenvalue weighted by Gasteiger charge is 2.29. The molecule has 0 saturated carbocycles. The van der Waals surface area contributed by atoms with Gasteiger partial charge in [-0.25, -0.2) is 13.4 Å². The van der Waals surface area contributed by atoms with Crippen LogP contribution in [0.1, 0.15) is 25.0 Å². The van der Waals surface area contributed by atoms with Crippen LogP contribution in [-0.4, -0.2) is 36.1 Å². The molecule has 0 aromatic carbocycles. The zero-order valence-electron chi connectivity index (χ0n) is 9.80. The molecule has 17 heavy (non-hydrogen) atoms. The molecule has 1 aliphatic rings. The van der Waals surface area contributed by atoms with Crippen LogP contribution in [0.2, 0.25) is 0 Å². The molecule has 0 spiro atoms. The number of sulfone groups is 1. The van der Waals surface area contributed by atoms with E-state index in [1.165, 1.54) is 0 Å². The van der Waals surface area contributed by atoms with E-state index in [1.807, 2.05) is 0 Å². The van der Waals surface area contributed by atoms with Gasteiger partial charge in [-0.3, -0.25) is 0 Å². The second kappa shape index (κ2) is 4.78. The van der Waals surface area contributed by atoms with Crippen molar-refractivity contribution in [3.63, 3.8) is 0 Å². The molecule has 6 heteroatoms. The van der Waals surface area contributed by atoms with E-state index >= 15 is 0 Å². The standard InChI is InChI=1S/C11H17NO4S/c1-8(13)4-10-6-12-11(16-10)5-9-2-3-17(14,15)7-9/h6,8-9,13H,2-5,7H2,1H3. The first-order chi connectivity index (χ1) is 7.94. The van der Waals surface area contributed by atoms with Gasteiger partial charge in [-0.2, -0.15) is 0 Å². The molecule has 2 rings (SSSR count). The maximum atomic E-state index is 11.3. The molecule has 1 aliphatic heterocycles. The minimum absolute atomic E-state index is 0.123. The fraction of sp³-hybridized carbons (Fsp3) is 0.727. The number of aliphatic hydroxyl groups excluding tert-OH is 1. The zero-order valence-corrected chi connectivity index (χ0v) is 10.6. The summed E-state index contributed by atoms with van der Waals surface area (Å²) >= 11 is 0. The number of nitrogens with zero attached hydrogens (tertiary/aromatic N) is 1. The molecular formula is C11H17NO4S. The molecule has 5 nitrogen and oxygen atoms in total. The molecule has 1 aromatic heterocycles. The number of hydrogen-bond acceptors (Lipinski definition) is 5. The van der Waals surface area contributed by atoms with Crippen molar-refractivity contribution in [2.24, 2.45) is 5.92 Å². The molecule has 96 valence electrons. The molecule has 1 N–H and O–H groups in total. The molecular weight excluding hydrogens is 242 g/mol. The van der Waals surface area contributed by atoms with Crippen LogP contribution in [0.15, 0.2) is 10.6 Å². The second-order valence-electron chi connectivity index (χ2n) is 4.75. The van der Waals surface area contributed by atoms with Crippen molar-refractivity contribution in [1.29, 1.82) is 0 Å².